The highest BCUT2D eigenvalue weighted by molar-refractivity contribution is 5.90. The minimum Gasteiger partial charge on any atom is -0.331 e. The summed E-state index contributed by atoms with van der Waals surface area (Å²) >= 11 is 0. The molecule has 0 atom stereocenters. The lowest BCUT2D eigenvalue weighted by molar-refractivity contribution is -0.117. The predicted molar refractivity (Wildman–Crippen MR) is 75.6 cm³/mol. The molecule has 2 rings (SSSR count). The Morgan fingerprint density at radius 2 is 2.10 bits per heavy atom. The molecule has 2 heterocycles. The Balaban J connectivity index is 1.90. The normalized spacial score (nSPS) is 10.0. The number of carbonyl (C=O) groups excluding carboxylic acids is 2. The summed E-state index contributed by atoms with van der Waals surface area (Å²) in [4.78, 5) is 29.7. The number of aromatic nitrogens is 4. The van der Waals surface area contributed by atoms with E-state index in [4.69, 9.17) is 0 Å². The number of pyridine rings is 1. The van der Waals surface area contributed by atoms with Gasteiger partial charge in [-0.25, -0.2) is 4.79 Å². The molecule has 0 saturated heterocycles. The van der Waals surface area contributed by atoms with Crippen LogP contribution in [0.3, 0.4) is 0 Å². The average molecular weight is 289 g/mol. The molecule has 9 nitrogen and oxygen atoms in total. The van der Waals surface area contributed by atoms with Gasteiger partial charge in [-0.3, -0.25) is 15.1 Å². The molecule has 2 aromatic rings. The van der Waals surface area contributed by atoms with Crippen molar-refractivity contribution in [1.29, 1.82) is 0 Å². The van der Waals surface area contributed by atoms with Gasteiger partial charge in [0, 0.05) is 20.3 Å². The standard InChI is InChI=1S/C12H15N7O2/c1-18(2)12(21)16-10-7-14-19(17-10)8-11(20)15-9-4-3-5-13-6-9/h3-7H,8H2,1-2H3,(H,15,20)(H,16,17,21). The molecule has 0 saturated carbocycles. The number of carbonyl (C=O) groups is 2. The highest BCUT2D eigenvalue weighted by Crippen LogP contribution is 2.03. The van der Waals surface area contributed by atoms with E-state index in [2.05, 4.69) is 25.8 Å². The number of urea groups is 1. The molecule has 0 aliphatic carbocycles. The zero-order chi connectivity index (χ0) is 15.2. The van der Waals surface area contributed by atoms with Crippen LogP contribution in [0.25, 0.3) is 0 Å². The zero-order valence-corrected chi connectivity index (χ0v) is 11.6. The van der Waals surface area contributed by atoms with Gasteiger partial charge in [-0.05, 0) is 12.1 Å². The molecule has 2 N–H and O–H groups in total. The quantitative estimate of drug-likeness (QED) is 0.848. The Bertz CT molecular complexity index is 624. The molecule has 0 aromatic carbocycles. The second kappa shape index (κ2) is 6.46. The minimum atomic E-state index is -0.318. The van der Waals surface area contributed by atoms with Crippen LogP contribution in [0.1, 0.15) is 0 Å². The number of amides is 3. The van der Waals surface area contributed by atoms with Gasteiger partial charge in [0.2, 0.25) is 5.91 Å². The van der Waals surface area contributed by atoms with E-state index in [1.807, 2.05) is 0 Å². The maximum absolute atomic E-state index is 11.8. The fraction of sp³-hybridized carbons (Fsp3) is 0.250. The maximum atomic E-state index is 11.8. The highest BCUT2D eigenvalue weighted by atomic mass is 16.2. The van der Waals surface area contributed by atoms with Gasteiger partial charge in [0.1, 0.15) is 6.54 Å². The van der Waals surface area contributed by atoms with Crippen LogP contribution in [0, 0.1) is 0 Å². The Labute approximate surface area is 121 Å². The lowest BCUT2D eigenvalue weighted by atomic mass is 10.4. The molecule has 2 aromatic heterocycles. The van der Waals surface area contributed by atoms with Gasteiger partial charge in [-0.15, -0.1) is 5.10 Å². The molecule has 0 aliphatic rings. The van der Waals surface area contributed by atoms with Gasteiger partial charge < -0.3 is 10.2 Å². The second-order valence-corrected chi connectivity index (χ2v) is 4.37. The summed E-state index contributed by atoms with van der Waals surface area (Å²) in [5.74, 6) is -0.00744. The van der Waals surface area contributed by atoms with Crippen LogP contribution >= 0.6 is 0 Å². The van der Waals surface area contributed by atoms with E-state index in [0.717, 1.165) is 0 Å². The highest BCUT2D eigenvalue weighted by Gasteiger charge is 2.09. The smallest absolute Gasteiger partial charge is 0.322 e. The molecule has 110 valence electrons. The molecule has 0 radical (unpaired) electrons. The topological polar surface area (TPSA) is 105 Å². The molecule has 0 fully saturated rings. The number of anilines is 2. The van der Waals surface area contributed by atoms with Crippen molar-refractivity contribution >= 4 is 23.4 Å². The van der Waals surface area contributed by atoms with E-state index >= 15 is 0 Å². The third-order valence-electron chi connectivity index (χ3n) is 2.41. The Morgan fingerprint density at radius 1 is 1.29 bits per heavy atom. The molecule has 9 heteroatoms. The Hall–Kier alpha value is -2.97. The number of nitrogens with zero attached hydrogens (tertiary/aromatic N) is 5. The van der Waals surface area contributed by atoms with Crippen LogP contribution in [0.4, 0.5) is 16.3 Å². The van der Waals surface area contributed by atoms with Crippen molar-refractivity contribution in [3.8, 4) is 0 Å². The first-order valence-electron chi connectivity index (χ1n) is 6.13. The van der Waals surface area contributed by atoms with Crippen LogP contribution in [0.5, 0.6) is 0 Å². The summed E-state index contributed by atoms with van der Waals surface area (Å²) in [6.45, 7) is -0.0628. The summed E-state index contributed by atoms with van der Waals surface area (Å²) in [5.41, 5.74) is 0.593. The van der Waals surface area contributed by atoms with Crippen molar-refractivity contribution in [3.05, 3.63) is 30.7 Å². The number of hydrogen-bond donors (Lipinski definition) is 2. The average Bonchev–Trinajstić information content (AvgIpc) is 2.86. The number of hydrogen-bond acceptors (Lipinski definition) is 5. The van der Waals surface area contributed by atoms with E-state index in [9.17, 15) is 9.59 Å². The van der Waals surface area contributed by atoms with Crippen LogP contribution in [0.2, 0.25) is 0 Å². The third-order valence-corrected chi connectivity index (χ3v) is 2.41. The van der Waals surface area contributed by atoms with E-state index in [1.54, 1.807) is 32.4 Å². The van der Waals surface area contributed by atoms with Crippen LogP contribution in [-0.2, 0) is 11.3 Å². The second-order valence-electron chi connectivity index (χ2n) is 4.37. The van der Waals surface area contributed by atoms with Crippen molar-refractivity contribution in [2.45, 2.75) is 6.54 Å². The monoisotopic (exact) mass is 289 g/mol. The van der Waals surface area contributed by atoms with E-state index in [-0.39, 0.29) is 24.3 Å². The van der Waals surface area contributed by atoms with Gasteiger partial charge in [0.15, 0.2) is 5.82 Å². The molecular formula is C12H15N7O2. The Kier molecular flexibility index (Phi) is 4.44. The summed E-state index contributed by atoms with van der Waals surface area (Å²) in [5, 5.41) is 13.1. The first-order chi connectivity index (χ1) is 10.0. The number of nitrogens with one attached hydrogen (secondary N) is 2. The Morgan fingerprint density at radius 3 is 2.76 bits per heavy atom. The van der Waals surface area contributed by atoms with Crippen molar-refractivity contribution in [1.82, 2.24) is 24.9 Å². The van der Waals surface area contributed by atoms with Crippen molar-refractivity contribution in [3.63, 3.8) is 0 Å². The van der Waals surface area contributed by atoms with Crippen molar-refractivity contribution < 1.29 is 9.59 Å². The SMILES string of the molecule is CN(C)C(=O)Nc1cnn(CC(=O)Nc2cccnc2)n1. The van der Waals surface area contributed by atoms with Gasteiger partial charge in [0.05, 0.1) is 18.1 Å². The van der Waals surface area contributed by atoms with Gasteiger partial charge in [-0.1, -0.05) is 0 Å². The summed E-state index contributed by atoms with van der Waals surface area (Å²) in [6.07, 6.45) is 4.53. The van der Waals surface area contributed by atoms with Gasteiger partial charge >= 0.3 is 6.03 Å². The molecule has 21 heavy (non-hydrogen) atoms. The van der Waals surface area contributed by atoms with E-state index in [0.29, 0.717) is 5.69 Å². The van der Waals surface area contributed by atoms with Crippen LogP contribution < -0.4 is 10.6 Å². The number of rotatable bonds is 4. The van der Waals surface area contributed by atoms with E-state index in [1.165, 1.54) is 22.1 Å². The van der Waals surface area contributed by atoms with Crippen molar-refractivity contribution in [2.75, 3.05) is 24.7 Å². The lowest BCUT2D eigenvalue weighted by Crippen LogP contribution is -2.27. The minimum absolute atomic E-state index is 0.0628. The fourth-order valence-electron chi connectivity index (χ4n) is 1.42. The first kappa shape index (κ1) is 14.4. The summed E-state index contributed by atoms with van der Waals surface area (Å²) in [6, 6.07) is 3.13. The predicted octanol–water partition coefficient (Wildman–Crippen LogP) is 0.405. The molecular weight excluding hydrogens is 274 g/mol. The molecule has 0 aliphatic heterocycles. The van der Waals surface area contributed by atoms with Gasteiger partial charge in [-0.2, -0.15) is 9.90 Å². The lowest BCUT2D eigenvalue weighted by Gasteiger charge is -2.09. The van der Waals surface area contributed by atoms with Crippen LogP contribution in [0.15, 0.2) is 30.7 Å². The molecule has 3 amide bonds. The maximum Gasteiger partial charge on any atom is 0.322 e. The molecule has 0 bridgehead atoms. The fourth-order valence-corrected chi connectivity index (χ4v) is 1.42. The molecule has 0 unspecified atom stereocenters. The van der Waals surface area contributed by atoms with Crippen LogP contribution in [-0.4, -0.2) is 50.9 Å². The summed E-state index contributed by atoms with van der Waals surface area (Å²) < 4.78 is 0. The van der Waals surface area contributed by atoms with Gasteiger partial charge in [0.25, 0.3) is 0 Å². The largest absolute Gasteiger partial charge is 0.331 e. The van der Waals surface area contributed by atoms with E-state index < -0.39 is 0 Å². The summed E-state index contributed by atoms with van der Waals surface area (Å²) in [7, 11) is 3.22. The van der Waals surface area contributed by atoms with Crippen molar-refractivity contribution in [2.24, 2.45) is 0 Å². The third kappa shape index (κ3) is 4.27. The first-order valence-corrected chi connectivity index (χ1v) is 6.13. The molecule has 0 spiro atoms. The zero-order valence-electron chi connectivity index (χ0n) is 11.6.